The molecule has 0 aliphatic rings. The Morgan fingerprint density at radius 1 is 1.17 bits per heavy atom. The first-order valence-electron chi connectivity index (χ1n) is 7.85. The fourth-order valence-electron chi connectivity index (χ4n) is 2.54. The van der Waals surface area contributed by atoms with E-state index in [9.17, 15) is 9.18 Å². The topological polar surface area (TPSA) is 33.5 Å². The lowest BCUT2D eigenvalue weighted by molar-refractivity contribution is -0.126. The molecule has 3 aromatic rings. The van der Waals surface area contributed by atoms with Crippen LogP contribution in [0.2, 0.25) is 0 Å². The van der Waals surface area contributed by atoms with Gasteiger partial charge in [0.2, 0.25) is 5.91 Å². The van der Waals surface area contributed by atoms with Crippen molar-refractivity contribution in [2.75, 3.05) is 6.54 Å². The van der Waals surface area contributed by atoms with Gasteiger partial charge in [0.05, 0.1) is 0 Å². The van der Waals surface area contributed by atoms with E-state index in [1.165, 1.54) is 18.2 Å². The minimum absolute atomic E-state index is 0.137. The van der Waals surface area contributed by atoms with Crippen LogP contribution >= 0.6 is 0 Å². The highest BCUT2D eigenvalue weighted by Gasteiger charge is 2.10. The van der Waals surface area contributed by atoms with Gasteiger partial charge in [0.15, 0.2) is 0 Å². The molecule has 0 atom stereocenters. The number of furan rings is 1. The zero-order chi connectivity index (χ0) is 16.9. The number of likely N-dealkylation sites (N-methyl/N-ethyl adjacent to an activating group) is 1. The van der Waals surface area contributed by atoms with Crippen LogP contribution in [0.4, 0.5) is 4.39 Å². The van der Waals surface area contributed by atoms with Gasteiger partial charge in [0.1, 0.15) is 17.2 Å². The molecule has 0 saturated heterocycles. The van der Waals surface area contributed by atoms with Gasteiger partial charge in [0.25, 0.3) is 0 Å². The summed E-state index contributed by atoms with van der Waals surface area (Å²) < 4.78 is 18.9. The molecule has 0 aliphatic heterocycles. The smallest absolute Gasteiger partial charge is 0.246 e. The minimum Gasteiger partial charge on any atom is -0.457 e. The summed E-state index contributed by atoms with van der Waals surface area (Å²) in [5.74, 6) is 0.197. The summed E-state index contributed by atoms with van der Waals surface area (Å²) in [7, 11) is 0. The van der Waals surface area contributed by atoms with Gasteiger partial charge < -0.3 is 9.32 Å². The summed E-state index contributed by atoms with van der Waals surface area (Å²) in [5, 5.41) is 0.997. The van der Waals surface area contributed by atoms with Crippen molar-refractivity contribution in [2.45, 2.75) is 13.5 Å². The second-order valence-corrected chi connectivity index (χ2v) is 5.50. The zero-order valence-corrected chi connectivity index (χ0v) is 13.4. The molecule has 0 spiro atoms. The summed E-state index contributed by atoms with van der Waals surface area (Å²) in [6, 6.07) is 15.9. The number of amides is 1. The fraction of sp³-hybridized carbons (Fsp3) is 0.150. The number of carbonyl (C=O) groups excluding carboxylic acids is 1. The highest BCUT2D eigenvalue weighted by molar-refractivity contribution is 5.92. The van der Waals surface area contributed by atoms with E-state index < -0.39 is 0 Å². The van der Waals surface area contributed by atoms with Crippen LogP contribution in [-0.4, -0.2) is 17.4 Å². The Labute approximate surface area is 140 Å². The number of para-hydroxylation sites is 1. The lowest BCUT2D eigenvalue weighted by Crippen LogP contribution is -2.28. The number of halogens is 1. The zero-order valence-electron chi connectivity index (χ0n) is 13.4. The molecule has 0 saturated carbocycles. The maximum atomic E-state index is 13.3. The molecule has 0 N–H and O–H groups in total. The van der Waals surface area contributed by atoms with Gasteiger partial charge in [0, 0.05) is 24.6 Å². The Hall–Kier alpha value is -2.88. The summed E-state index contributed by atoms with van der Waals surface area (Å²) in [6.07, 6.45) is 3.15. The van der Waals surface area contributed by atoms with Gasteiger partial charge >= 0.3 is 0 Å². The lowest BCUT2D eigenvalue weighted by atomic mass is 10.2. The SMILES string of the molecule is CCN(Cc1cccc(F)c1)C(=O)/C=C/c1cc2ccccc2o1. The Bertz CT molecular complexity index is 849. The monoisotopic (exact) mass is 323 g/mol. The molecule has 4 heteroatoms. The van der Waals surface area contributed by atoms with Crippen LogP contribution in [0.25, 0.3) is 17.0 Å². The third-order valence-electron chi connectivity index (χ3n) is 3.79. The van der Waals surface area contributed by atoms with Gasteiger partial charge in [-0.25, -0.2) is 4.39 Å². The first kappa shape index (κ1) is 16.0. The summed E-state index contributed by atoms with van der Waals surface area (Å²) in [4.78, 5) is 14.0. The van der Waals surface area contributed by atoms with Crippen LogP contribution in [0, 0.1) is 5.82 Å². The summed E-state index contributed by atoms with van der Waals surface area (Å²) >= 11 is 0. The van der Waals surface area contributed by atoms with Crippen LogP contribution < -0.4 is 0 Å². The van der Waals surface area contributed by atoms with E-state index in [4.69, 9.17) is 4.42 Å². The van der Waals surface area contributed by atoms with Gasteiger partial charge in [-0.2, -0.15) is 0 Å². The van der Waals surface area contributed by atoms with Gasteiger partial charge in [-0.05, 0) is 42.8 Å². The number of hydrogen-bond donors (Lipinski definition) is 0. The molecular weight excluding hydrogens is 305 g/mol. The van der Waals surface area contributed by atoms with E-state index in [0.29, 0.717) is 18.8 Å². The van der Waals surface area contributed by atoms with E-state index in [1.807, 2.05) is 43.3 Å². The molecule has 0 aliphatic carbocycles. The van der Waals surface area contributed by atoms with E-state index in [0.717, 1.165) is 16.5 Å². The van der Waals surface area contributed by atoms with Crippen molar-refractivity contribution in [3.8, 4) is 0 Å². The number of rotatable bonds is 5. The second kappa shape index (κ2) is 7.13. The van der Waals surface area contributed by atoms with Gasteiger partial charge in [-0.15, -0.1) is 0 Å². The van der Waals surface area contributed by atoms with Crippen molar-refractivity contribution in [2.24, 2.45) is 0 Å². The van der Waals surface area contributed by atoms with Crippen LogP contribution in [0.5, 0.6) is 0 Å². The summed E-state index contributed by atoms with van der Waals surface area (Å²) in [5.41, 5.74) is 1.55. The Kier molecular flexibility index (Phi) is 4.75. The highest BCUT2D eigenvalue weighted by atomic mass is 19.1. The molecule has 1 heterocycles. The normalized spacial score (nSPS) is 11.2. The first-order chi connectivity index (χ1) is 11.7. The van der Waals surface area contributed by atoms with Gasteiger partial charge in [-0.1, -0.05) is 30.3 Å². The van der Waals surface area contributed by atoms with E-state index in [1.54, 1.807) is 17.0 Å². The Balaban J connectivity index is 1.71. The predicted octanol–water partition coefficient (Wildman–Crippen LogP) is 4.63. The fourth-order valence-corrected chi connectivity index (χ4v) is 2.54. The molecule has 0 fully saturated rings. The van der Waals surface area contributed by atoms with E-state index in [-0.39, 0.29) is 11.7 Å². The van der Waals surface area contributed by atoms with Crippen molar-refractivity contribution in [3.05, 3.63) is 77.8 Å². The maximum absolute atomic E-state index is 13.3. The molecule has 2 aromatic carbocycles. The quantitative estimate of drug-likeness (QED) is 0.641. The average Bonchev–Trinajstić information content (AvgIpc) is 3.00. The van der Waals surface area contributed by atoms with E-state index in [2.05, 4.69) is 0 Å². The predicted molar refractivity (Wildman–Crippen MR) is 92.7 cm³/mol. The van der Waals surface area contributed by atoms with E-state index >= 15 is 0 Å². The molecule has 0 unspecified atom stereocenters. The number of hydrogen-bond acceptors (Lipinski definition) is 2. The third-order valence-corrected chi connectivity index (χ3v) is 3.79. The van der Waals surface area contributed by atoms with Crippen molar-refractivity contribution in [3.63, 3.8) is 0 Å². The number of benzene rings is 2. The maximum Gasteiger partial charge on any atom is 0.246 e. The molecule has 1 amide bonds. The first-order valence-corrected chi connectivity index (χ1v) is 7.85. The largest absolute Gasteiger partial charge is 0.457 e. The van der Waals surface area contributed by atoms with Crippen molar-refractivity contribution in [1.82, 2.24) is 4.90 Å². The molecule has 122 valence electrons. The van der Waals surface area contributed by atoms with Crippen molar-refractivity contribution in [1.29, 1.82) is 0 Å². The van der Waals surface area contributed by atoms with Crippen LogP contribution in [0.1, 0.15) is 18.2 Å². The standard InChI is InChI=1S/C20H18FNO2/c1-2-22(14-15-6-5-8-17(21)12-15)20(23)11-10-18-13-16-7-3-4-9-19(16)24-18/h3-13H,2,14H2,1H3/b11-10+. The number of carbonyl (C=O) groups is 1. The Morgan fingerprint density at radius 2 is 2.00 bits per heavy atom. The highest BCUT2D eigenvalue weighted by Crippen LogP contribution is 2.19. The molecule has 0 radical (unpaired) electrons. The molecule has 3 rings (SSSR count). The molecule has 0 bridgehead atoms. The lowest BCUT2D eigenvalue weighted by Gasteiger charge is -2.19. The summed E-state index contributed by atoms with van der Waals surface area (Å²) in [6.45, 7) is 2.81. The van der Waals surface area contributed by atoms with Crippen LogP contribution in [0.15, 0.2) is 65.1 Å². The van der Waals surface area contributed by atoms with Crippen molar-refractivity contribution < 1.29 is 13.6 Å². The van der Waals surface area contributed by atoms with Crippen LogP contribution in [-0.2, 0) is 11.3 Å². The molecule has 1 aromatic heterocycles. The average molecular weight is 323 g/mol. The number of fused-ring (bicyclic) bond motifs is 1. The number of nitrogens with zero attached hydrogens (tertiary/aromatic N) is 1. The third kappa shape index (κ3) is 3.71. The minimum atomic E-state index is -0.297. The molecule has 24 heavy (non-hydrogen) atoms. The van der Waals surface area contributed by atoms with Crippen molar-refractivity contribution >= 4 is 23.0 Å². The molecular formula is C20H18FNO2. The molecule has 3 nitrogen and oxygen atoms in total. The van der Waals surface area contributed by atoms with Gasteiger partial charge in [-0.3, -0.25) is 4.79 Å². The van der Waals surface area contributed by atoms with Crippen LogP contribution in [0.3, 0.4) is 0 Å². The second-order valence-electron chi connectivity index (χ2n) is 5.50. The Morgan fingerprint density at radius 3 is 2.75 bits per heavy atom.